The van der Waals surface area contributed by atoms with Crippen LogP contribution in [0.3, 0.4) is 0 Å². The van der Waals surface area contributed by atoms with E-state index in [-0.39, 0.29) is 18.6 Å². The van der Waals surface area contributed by atoms with Crippen molar-refractivity contribution in [3.8, 4) is 0 Å². The van der Waals surface area contributed by atoms with Crippen molar-refractivity contribution in [1.82, 2.24) is 25.1 Å². The summed E-state index contributed by atoms with van der Waals surface area (Å²) < 4.78 is 1.48. The molecule has 0 atom stereocenters. The molecule has 0 radical (unpaired) electrons. The first-order chi connectivity index (χ1) is 8.06. The summed E-state index contributed by atoms with van der Waals surface area (Å²) in [7, 11) is 1.77. The highest BCUT2D eigenvalue weighted by atomic mass is 32.2. The first-order valence-corrected chi connectivity index (χ1v) is 6.30. The van der Waals surface area contributed by atoms with E-state index in [0.29, 0.717) is 17.5 Å². The molecule has 8 heteroatoms. The number of nitrogens with zero attached hydrogens (tertiary/aromatic N) is 5. The first kappa shape index (κ1) is 13.9. The quantitative estimate of drug-likeness (QED) is 0.701. The molecule has 1 amide bonds. The lowest BCUT2D eigenvalue weighted by atomic mass is 10.3. The first-order valence-electron chi connectivity index (χ1n) is 5.31. The summed E-state index contributed by atoms with van der Waals surface area (Å²) in [5, 5.41) is 20.4. The standard InChI is InChI=1S/C9H17N5O2S/c1-7(2)13(3)8(16)6-17-9-10-11-12-14(9)4-5-15/h7,15H,4-6H2,1-3H3. The molecule has 0 fully saturated rings. The van der Waals surface area contributed by atoms with E-state index in [0.717, 1.165) is 0 Å². The van der Waals surface area contributed by atoms with Crippen LogP contribution in [0.5, 0.6) is 0 Å². The Morgan fingerprint density at radius 3 is 2.88 bits per heavy atom. The number of aliphatic hydroxyl groups excluding tert-OH is 1. The SMILES string of the molecule is CC(C)N(C)C(=O)CSc1nnnn1CCO. The minimum atomic E-state index is -0.0293. The van der Waals surface area contributed by atoms with E-state index >= 15 is 0 Å². The fraction of sp³-hybridized carbons (Fsp3) is 0.778. The predicted molar refractivity (Wildman–Crippen MR) is 63.5 cm³/mol. The van der Waals surface area contributed by atoms with Gasteiger partial charge in [0.15, 0.2) is 0 Å². The Balaban J connectivity index is 2.50. The molecule has 96 valence electrons. The third-order valence-corrected chi connectivity index (χ3v) is 3.25. The summed E-state index contributed by atoms with van der Waals surface area (Å²) in [6.07, 6.45) is 0. The maximum Gasteiger partial charge on any atom is 0.233 e. The topological polar surface area (TPSA) is 84.1 Å². The third kappa shape index (κ3) is 3.97. The summed E-state index contributed by atoms with van der Waals surface area (Å²) >= 11 is 1.27. The van der Waals surface area contributed by atoms with Crippen molar-refractivity contribution in [2.24, 2.45) is 0 Å². The normalized spacial score (nSPS) is 10.9. The number of aliphatic hydroxyl groups is 1. The molecule has 0 spiro atoms. The van der Waals surface area contributed by atoms with Gasteiger partial charge >= 0.3 is 0 Å². The molecule has 1 N–H and O–H groups in total. The Labute approximate surface area is 104 Å². The summed E-state index contributed by atoms with van der Waals surface area (Å²) in [6.45, 7) is 4.22. The molecule has 1 rings (SSSR count). The molecule has 0 aliphatic carbocycles. The Bertz CT molecular complexity index is 368. The average Bonchev–Trinajstić information content (AvgIpc) is 2.73. The number of rotatable bonds is 6. The van der Waals surface area contributed by atoms with Gasteiger partial charge in [0, 0.05) is 13.1 Å². The van der Waals surface area contributed by atoms with E-state index in [4.69, 9.17) is 5.11 Å². The Kier molecular flexibility index (Phi) is 5.36. The number of aromatic nitrogens is 4. The van der Waals surface area contributed by atoms with Gasteiger partial charge in [-0.15, -0.1) is 5.10 Å². The number of hydrogen-bond acceptors (Lipinski definition) is 6. The third-order valence-electron chi connectivity index (χ3n) is 2.30. The van der Waals surface area contributed by atoms with Crippen LogP contribution in [0.4, 0.5) is 0 Å². The van der Waals surface area contributed by atoms with E-state index in [2.05, 4.69) is 15.5 Å². The minimum Gasteiger partial charge on any atom is -0.394 e. The molecule has 0 saturated carbocycles. The van der Waals surface area contributed by atoms with E-state index < -0.39 is 0 Å². The maximum absolute atomic E-state index is 11.7. The minimum absolute atomic E-state index is 0.0293. The lowest BCUT2D eigenvalue weighted by Crippen LogP contribution is -2.34. The second-order valence-corrected chi connectivity index (χ2v) is 4.74. The van der Waals surface area contributed by atoms with Gasteiger partial charge in [0.1, 0.15) is 0 Å². The van der Waals surface area contributed by atoms with Crippen LogP contribution in [-0.2, 0) is 11.3 Å². The Hall–Kier alpha value is -1.15. The van der Waals surface area contributed by atoms with Crippen LogP contribution in [0.2, 0.25) is 0 Å². The van der Waals surface area contributed by atoms with Crippen LogP contribution in [0, 0.1) is 0 Å². The van der Waals surface area contributed by atoms with Gasteiger partial charge in [0.25, 0.3) is 0 Å². The van der Waals surface area contributed by atoms with Crippen molar-refractivity contribution in [1.29, 1.82) is 0 Å². The van der Waals surface area contributed by atoms with Crippen LogP contribution in [0.25, 0.3) is 0 Å². The Morgan fingerprint density at radius 2 is 2.29 bits per heavy atom. The summed E-state index contributed by atoms with van der Waals surface area (Å²) in [5.41, 5.74) is 0. The van der Waals surface area contributed by atoms with Crippen molar-refractivity contribution >= 4 is 17.7 Å². The zero-order valence-corrected chi connectivity index (χ0v) is 11.0. The molecule has 0 bridgehead atoms. The number of thioether (sulfide) groups is 1. The van der Waals surface area contributed by atoms with Crippen molar-refractivity contribution in [2.75, 3.05) is 19.4 Å². The molecule has 0 saturated heterocycles. The van der Waals surface area contributed by atoms with Gasteiger partial charge in [0.05, 0.1) is 18.9 Å². The highest BCUT2D eigenvalue weighted by molar-refractivity contribution is 7.99. The van der Waals surface area contributed by atoms with E-state index in [9.17, 15) is 4.79 Å². The Morgan fingerprint density at radius 1 is 1.59 bits per heavy atom. The molecule has 0 aromatic carbocycles. The van der Waals surface area contributed by atoms with Gasteiger partial charge in [-0.2, -0.15) is 0 Å². The number of tetrazole rings is 1. The van der Waals surface area contributed by atoms with E-state index in [1.54, 1.807) is 11.9 Å². The molecule has 1 aromatic rings. The van der Waals surface area contributed by atoms with Crippen LogP contribution in [0.1, 0.15) is 13.8 Å². The summed E-state index contributed by atoms with van der Waals surface area (Å²) in [4.78, 5) is 13.4. The fourth-order valence-electron chi connectivity index (χ4n) is 1.05. The lowest BCUT2D eigenvalue weighted by Gasteiger charge is -2.20. The summed E-state index contributed by atoms with van der Waals surface area (Å²) in [5.74, 6) is 0.323. The molecule has 0 aliphatic rings. The van der Waals surface area contributed by atoms with Crippen molar-refractivity contribution in [2.45, 2.75) is 31.6 Å². The average molecular weight is 259 g/mol. The molecule has 17 heavy (non-hydrogen) atoms. The molecule has 0 aliphatic heterocycles. The smallest absolute Gasteiger partial charge is 0.233 e. The largest absolute Gasteiger partial charge is 0.394 e. The van der Waals surface area contributed by atoms with Crippen molar-refractivity contribution in [3.63, 3.8) is 0 Å². The predicted octanol–water partition coefficient (Wildman–Crippen LogP) is -0.376. The molecule has 1 aromatic heterocycles. The monoisotopic (exact) mass is 259 g/mol. The van der Waals surface area contributed by atoms with E-state index in [1.807, 2.05) is 13.8 Å². The number of carbonyl (C=O) groups excluding carboxylic acids is 1. The van der Waals surface area contributed by atoms with E-state index in [1.165, 1.54) is 16.4 Å². The van der Waals surface area contributed by atoms with Gasteiger partial charge in [-0.3, -0.25) is 4.79 Å². The number of amides is 1. The highest BCUT2D eigenvalue weighted by Crippen LogP contribution is 2.14. The second kappa shape index (κ2) is 6.55. The zero-order chi connectivity index (χ0) is 12.8. The van der Waals surface area contributed by atoms with Crippen molar-refractivity contribution < 1.29 is 9.90 Å². The second-order valence-electron chi connectivity index (χ2n) is 3.80. The maximum atomic E-state index is 11.7. The number of carbonyl (C=O) groups is 1. The highest BCUT2D eigenvalue weighted by Gasteiger charge is 2.14. The molecular weight excluding hydrogens is 242 g/mol. The fourth-order valence-corrected chi connectivity index (χ4v) is 1.88. The molecular formula is C9H17N5O2S. The van der Waals surface area contributed by atoms with Crippen LogP contribution < -0.4 is 0 Å². The van der Waals surface area contributed by atoms with Gasteiger partial charge < -0.3 is 10.0 Å². The van der Waals surface area contributed by atoms with Gasteiger partial charge in [-0.1, -0.05) is 11.8 Å². The van der Waals surface area contributed by atoms with Gasteiger partial charge in [0.2, 0.25) is 11.1 Å². The van der Waals surface area contributed by atoms with Crippen LogP contribution in [0.15, 0.2) is 5.16 Å². The van der Waals surface area contributed by atoms with Gasteiger partial charge in [-0.25, -0.2) is 4.68 Å². The van der Waals surface area contributed by atoms with Crippen molar-refractivity contribution in [3.05, 3.63) is 0 Å². The lowest BCUT2D eigenvalue weighted by molar-refractivity contribution is -0.128. The summed E-state index contributed by atoms with van der Waals surface area (Å²) in [6, 6.07) is 0.177. The number of hydrogen-bond donors (Lipinski definition) is 1. The zero-order valence-electron chi connectivity index (χ0n) is 10.2. The van der Waals surface area contributed by atoms with Gasteiger partial charge in [-0.05, 0) is 24.3 Å². The molecule has 0 unspecified atom stereocenters. The van der Waals surface area contributed by atoms with Crippen LogP contribution in [-0.4, -0.2) is 61.6 Å². The van der Waals surface area contributed by atoms with Crippen LogP contribution >= 0.6 is 11.8 Å². The molecule has 7 nitrogen and oxygen atoms in total. The molecule has 1 heterocycles.